The second-order valence-electron chi connectivity index (χ2n) is 6.33. The van der Waals surface area contributed by atoms with Gasteiger partial charge in [-0.3, -0.25) is 9.59 Å². The van der Waals surface area contributed by atoms with Crippen molar-refractivity contribution in [1.29, 1.82) is 0 Å². The highest BCUT2D eigenvalue weighted by Crippen LogP contribution is 2.52. The third kappa shape index (κ3) is 1.90. The highest BCUT2D eigenvalue weighted by atomic mass is 79.9. The molecule has 2 nitrogen and oxygen atoms in total. The van der Waals surface area contributed by atoms with Crippen LogP contribution in [0, 0.1) is 19.3 Å². The average Bonchev–Trinajstić information content (AvgIpc) is 2.96. The Hall–Kier alpha value is -0.960. The van der Waals surface area contributed by atoms with Gasteiger partial charge in [-0.2, -0.15) is 0 Å². The molecule has 2 aliphatic carbocycles. The third-order valence-corrected chi connectivity index (χ3v) is 5.99. The van der Waals surface area contributed by atoms with Gasteiger partial charge in [0, 0.05) is 16.3 Å². The minimum absolute atomic E-state index is 0.126. The van der Waals surface area contributed by atoms with E-state index in [-0.39, 0.29) is 17.0 Å². The normalized spacial score (nSPS) is 24.9. The number of rotatable bonds is 1. The molecule has 2 saturated carbocycles. The molecule has 0 amide bonds. The number of carbonyl (C=O) groups is 2. The molecule has 2 fully saturated rings. The van der Waals surface area contributed by atoms with E-state index in [2.05, 4.69) is 15.9 Å². The molecule has 1 spiro atoms. The van der Waals surface area contributed by atoms with Crippen LogP contribution in [0.2, 0.25) is 0 Å². The molecular weight excluding hydrogens is 316 g/mol. The lowest BCUT2D eigenvalue weighted by atomic mass is 9.80. The van der Waals surface area contributed by atoms with Crippen LogP contribution in [0.3, 0.4) is 0 Å². The van der Waals surface area contributed by atoms with Crippen molar-refractivity contribution in [2.75, 3.05) is 0 Å². The number of aryl methyl sites for hydroxylation is 1. The monoisotopic (exact) mass is 334 g/mol. The molecule has 1 aromatic rings. The summed E-state index contributed by atoms with van der Waals surface area (Å²) in [6, 6.07) is 3.98. The summed E-state index contributed by atoms with van der Waals surface area (Å²) in [7, 11) is 0. The van der Waals surface area contributed by atoms with Gasteiger partial charge in [0.1, 0.15) is 11.7 Å². The molecule has 0 radical (unpaired) electrons. The first-order valence-corrected chi connectivity index (χ1v) is 8.08. The Morgan fingerprint density at radius 1 is 1.15 bits per heavy atom. The summed E-state index contributed by atoms with van der Waals surface area (Å²) in [5.74, 6) is -0.212. The third-order valence-electron chi connectivity index (χ3n) is 5.14. The standard InChI is InChI=1S/C17H19BrO2/c1-10-5-6-12(18)11(2)14(10)15-13(19)9-17(16(15)20)7-3-4-8-17/h5-6,15H,3-4,7-9H2,1-2H3. The summed E-state index contributed by atoms with van der Waals surface area (Å²) >= 11 is 3.52. The Bertz CT molecular complexity index is 597. The predicted molar refractivity (Wildman–Crippen MR) is 81.9 cm³/mol. The Labute approximate surface area is 128 Å². The van der Waals surface area contributed by atoms with Crippen molar-refractivity contribution >= 4 is 27.5 Å². The Morgan fingerprint density at radius 3 is 2.45 bits per heavy atom. The van der Waals surface area contributed by atoms with Crippen molar-refractivity contribution in [3.8, 4) is 0 Å². The van der Waals surface area contributed by atoms with Gasteiger partial charge < -0.3 is 0 Å². The molecule has 0 aromatic heterocycles. The predicted octanol–water partition coefficient (Wildman–Crippen LogP) is 4.25. The summed E-state index contributed by atoms with van der Waals surface area (Å²) in [5, 5.41) is 0. The van der Waals surface area contributed by atoms with Crippen molar-refractivity contribution in [3.63, 3.8) is 0 Å². The molecule has 0 N–H and O–H groups in total. The maximum absolute atomic E-state index is 12.9. The first-order valence-electron chi connectivity index (χ1n) is 7.29. The van der Waals surface area contributed by atoms with Crippen LogP contribution in [0.1, 0.15) is 54.7 Å². The van der Waals surface area contributed by atoms with Crippen LogP contribution in [0.4, 0.5) is 0 Å². The Balaban J connectivity index is 2.09. The van der Waals surface area contributed by atoms with Crippen molar-refractivity contribution in [3.05, 3.63) is 33.3 Å². The van der Waals surface area contributed by atoms with Crippen molar-refractivity contribution in [1.82, 2.24) is 0 Å². The number of ketones is 2. The largest absolute Gasteiger partial charge is 0.298 e. The van der Waals surface area contributed by atoms with Crippen LogP contribution in [-0.2, 0) is 9.59 Å². The molecule has 3 rings (SSSR count). The molecule has 2 aliphatic rings. The van der Waals surface area contributed by atoms with E-state index in [4.69, 9.17) is 0 Å². The number of benzene rings is 1. The van der Waals surface area contributed by atoms with Crippen LogP contribution in [0.25, 0.3) is 0 Å². The number of halogens is 1. The van der Waals surface area contributed by atoms with E-state index >= 15 is 0 Å². The number of hydrogen-bond acceptors (Lipinski definition) is 2. The summed E-state index contributed by atoms with van der Waals surface area (Å²) in [6.07, 6.45) is 4.44. The van der Waals surface area contributed by atoms with Crippen molar-refractivity contribution in [2.45, 2.75) is 51.9 Å². The number of hydrogen-bond donors (Lipinski definition) is 0. The molecule has 3 heteroatoms. The summed E-state index contributed by atoms with van der Waals surface area (Å²) in [4.78, 5) is 25.4. The fraction of sp³-hybridized carbons (Fsp3) is 0.529. The van der Waals surface area contributed by atoms with E-state index in [0.29, 0.717) is 6.42 Å². The first-order chi connectivity index (χ1) is 9.46. The van der Waals surface area contributed by atoms with E-state index in [1.54, 1.807) is 0 Å². The topological polar surface area (TPSA) is 34.1 Å². The lowest BCUT2D eigenvalue weighted by molar-refractivity contribution is -0.127. The van der Waals surface area contributed by atoms with E-state index in [1.807, 2.05) is 26.0 Å². The van der Waals surface area contributed by atoms with Gasteiger partial charge in [-0.25, -0.2) is 0 Å². The Morgan fingerprint density at radius 2 is 1.80 bits per heavy atom. The summed E-state index contributed by atoms with van der Waals surface area (Å²) in [6.45, 7) is 3.99. The molecule has 0 bridgehead atoms. The van der Waals surface area contributed by atoms with Crippen LogP contribution >= 0.6 is 15.9 Å². The van der Waals surface area contributed by atoms with Crippen LogP contribution < -0.4 is 0 Å². The molecular formula is C17H19BrO2. The quantitative estimate of drug-likeness (QED) is 0.719. The lowest BCUT2D eigenvalue weighted by Crippen LogP contribution is -2.25. The highest BCUT2D eigenvalue weighted by molar-refractivity contribution is 9.10. The van der Waals surface area contributed by atoms with Gasteiger partial charge in [-0.1, -0.05) is 34.8 Å². The number of carbonyl (C=O) groups excluding carboxylic acids is 2. The molecule has 1 unspecified atom stereocenters. The lowest BCUT2D eigenvalue weighted by Gasteiger charge is -2.21. The van der Waals surface area contributed by atoms with Crippen LogP contribution in [0.15, 0.2) is 16.6 Å². The minimum atomic E-state index is -0.523. The summed E-state index contributed by atoms with van der Waals surface area (Å²) in [5.41, 5.74) is 2.69. The fourth-order valence-corrected chi connectivity index (χ4v) is 4.37. The zero-order valence-corrected chi connectivity index (χ0v) is 13.5. The Kier molecular flexibility index (Phi) is 3.36. The number of Topliss-reactive ketones (excluding diaryl/α,β-unsaturated/α-hetero) is 2. The molecule has 0 saturated heterocycles. The molecule has 0 heterocycles. The fourth-order valence-electron chi connectivity index (χ4n) is 4.02. The highest BCUT2D eigenvalue weighted by Gasteiger charge is 2.54. The van der Waals surface area contributed by atoms with Gasteiger partial charge in [-0.15, -0.1) is 0 Å². The maximum atomic E-state index is 12.9. The van der Waals surface area contributed by atoms with Crippen molar-refractivity contribution in [2.24, 2.45) is 5.41 Å². The maximum Gasteiger partial charge on any atom is 0.154 e. The zero-order valence-electron chi connectivity index (χ0n) is 12.0. The van der Waals surface area contributed by atoms with Gasteiger partial charge in [0.05, 0.1) is 0 Å². The van der Waals surface area contributed by atoms with Gasteiger partial charge in [0.15, 0.2) is 5.78 Å². The molecule has 0 aliphatic heterocycles. The minimum Gasteiger partial charge on any atom is -0.298 e. The van der Waals surface area contributed by atoms with E-state index in [1.165, 1.54) is 0 Å². The van der Waals surface area contributed by atoms with Gasteiger partial charge in [-0.05, 0) is 49.4 Å². The van der Waals surface area contributed by atoms with Gasteiger partial charge in [0.25, 0.3) is 0 Å². The average molecular weight is 335 g/mol. The van der Waals surface area contributed by atoms with Crippen LogP contribution in [-0.4, -0.2) is 11.6 Å². The summed E-state index contributed by atoms with van der Waals surface area (Å²) < 4.78 is 0.978. The van der Waals surface area contributed by atoms with Crippen LogP contribution in [0.5, 0.6) is 0 Å². The van der Waals surface area contributed by atoms with E-state index in [9.17, 15) is 9.59 Å². The van der Waals surface area contributed by atoms with Crippen molar-refractivity contribution < 1.29 is 9.59 Å². The second-order valence-corrected chi connectivity index (χ2v) is 7.19. The SMILES string of the molecule is Cc1ccc(Br)c(C)c1C1C(=O)CC2(CCCC2)C1=O. The van der Waals surface area contributed by atoms with Gasteiger partial charge >= 0.3 is 0 Å². The smallest absolute Gasteiger partial charge is 0.154 e. The first kappa shape index (κ1) is 14.0. The molecule has 106 valence electrons. The van der Waals surface area contributed by atoms with Gasteiger partial charge in [0.2, 0.25) is 0 Å². The zero-order chi connectivity index (χ0) is 14.5. The second kappa shape index (κ2) is 4.80. The molecule has 1 aromatic carbocycles. The molecule has 20 heavy (non-hydrogen) atoms. The molecule has 1 atom stereocenters. The van der Waals surface area contributed by atoms with E-state index in [0.717, 1.165) is 46.8 Å². The van der Waals surface area contributed by atoms with E-state index < -0.39 is 5.92 Å².